The summed E-state index contributed by atoms with van der Waals surface area (Å²) in [6, 6.07) is 7.07. The lowest BCUT2D eigenvalue weighted by Crippen LogP contribution is -2.62. The van der Waals surface area contributed by atoms with E-state index in [0.29, 0.717) is 18.5 Å². The van der Waals surface area contributed by atoms with Crippen molar-refractivity contribution in [3.63, 3.8) is 0 Å². The minimum Gasteiger partial charge on any atom is -0.394 e. The van der Waals surface area contributed by atoms with Gasteiger partial charge >= 0.3 is 5.69 Å². The van der Waals surface area contributed by atoms with E-state index in [2.05, 4.69) is 15.6 Å². The van der Waals surface area contributed by atoms with Crippen molar-refractivity contribution in [3.05, 3.63) is 52.6 Å². The maximum atomic E-state index is 12.9. The zero-order chi connectivity index (χ0) is 32.3. The number of hydrogen-bond donors (Lipinski definition) is 6. The standard InChI is InChI=1S/C29H42N6O9/c1-15-19(44-26-24(38)23(37)22(34(4)5)16(2)43-26)10-11-21(42-15)35-13-12-20(33-28(35)41)32-25(39)17-6-8-18(9-7-17)31-27(40)29(3,30)14-36/h6-9,12-13,15-16,19,21-24,26,36-38H,10-11,14,30H2,1-5H3,(H,31,40)(H,32,33,39,41)/t15-,16-,19+,21-,22-,23+,24-,26-,29?/m1/s1. The Balaban J connectivity index is 1.32. The predicted octanol–water partition coefficient (Wildman–Crippen LogP) is -0.377. The van der Waals surface area contributed by atoms with E-state index < -0.39 is 66.6 Å². The maximum absolute atomic E-state index is 12.9. The normalized spacial score (nSPS) is 30.4. The third-order valence-corrected chi connectivity index (χ3v) is 7.94. The van der Waals surface area contributed by atoms with Gasteiger partial charge in [-0.15, -0.1) is 0 Å². The van der Waals surface area contributed by atoms with E-state index in [4.69, 9.17) is 19.9 Å². The van der Waals surface area contributed by atoms with Crippen LogP contribution >= 0.6 is 0 Å². The van der Waals surface area contributed by atoms with Crippen molar-refractivity contribution in [2.45, 2.75) is 88.2 Å². The Kier molecular flexibility index (Phi) is 10.5. The SMILES string of the molecule is C[C@H]1O[C@H](O[C@H]2CC[C@H](n3ccc(NC(=O)c4ccc(NC(=O)C(C)(N)CO)cc4)nc3=O)O[C@@H]2C)[C@H](O)[C@@H](O)[C@@H]1N(C)C. The quantitative estimate of drug-likeness (QED) is 0.212. The number of likely N-dealkylation sites (N-methyl/N-ethyl adjacent to an activating group) is 1. The highest BCUT2D eigenvalue weighted by molar-refractivity contribution is 6.04. The summed E-state index contributed by atoms with van der Waals surface area (Å²) in [6.07, 6.45) is -2.85. The number of hydrogen-bond acceptors (Lipinski definition) is 12. The van der Waals surface area contributed by atoms with E-state index in [9.17, 15) is 29.7 Å². The van der Waals surface area contributed by atoms with Gasteiger partial charge in [-0.3, -0.25) is 14.2 Å². The smallest absolute Gasteiger partial charge is 0.351 e. The van der Waals surface area contributed by atoms with Gasteiger partial charge in [0.2, 0.25) is 5.91 Å². The minimum atomic E-state index is -1.45. The van der Waals surface area contributed by atoms with E-state index in [-0.39, 0.29) is 23.5 Å². The van der Waals surface area contributed by atoms with Crippen LogP contribution in [0.3, 0.4) is 0 Å². The number of nitrogens with one attached hydrogen (secondary N) is 2. The third-order valence-electron chi connectivity index (χ3n) is 7.94. The van der Waals surface area contributed by atoms with Crippen molar-refractivity contribution in [1.82, 2.24) is 14.5 Å². The fraction of sp³-hybridized carbons (Fsp3) is 0.586. The molecule has 7 N–H and O–H groups in total. The highest BCUT2D eigenvalue weighted by Crippen LogP contribution is 2.32. The molecule has 1 aromatic heterocycles. The molecule has 0 spiro atoms. The van der Waals surface area contributed by atoms with Gasteiger partial charge in [0.15, 0.2) is 6.29 Å². The topological polar surface area (TPSA) is 211 Å². The second-order valence-electron chi connectivity index (χ2n) is 11.8. The molecule has 2 saturated heterocycles. The number of benzene rings is 1. The molecule has 2 fully saturated rings. The molecule has 0 saturated carbocycles. The Labute approximate surface area is 254 Å². The first kappa shape index (κ1) is 33.6. The number of nitrogens with zero attached hydrogens (tertiary/aromatic N) is 3. The van der Waals surface area contributed by atoms with Crippen molar-refractivity contribution in [3.8, 4) is 0 Å². The van der Waals surface area contributed by atoms with Crippen LogP contribution in [0.25, 0.3) is 0 Å². The van der Waals surface area contributed by atoms with Crippen LogP contribution in [-0.4, -0.2) is 111 Å². The lowest BCUT2D eigenvalue weighted by molar-refractivity contribution is -0.310. The van der Waals surface area contributed by atoms with Crippen LogP contribution in [0, 0.1) is 0 Å². The third kappa shape index (κ3) is 7.50. The van der Waals surface area contributed by atoms with E-state index in [0.717, 1.165) is 0 Å². The van der Waals surface area contributed by atoms with Crippen LogP contribution in [0.1, 0.15) is 50.2 Å². The lowest BCUT2D eigenvalue weighted by Gasteiger charge is -2.46. The molecule has 4 rings (SSSR count). The second-order valence-corrected chi connectivity index (χ2v) is 11.8. The monoisotopic (exact) mass is 618 g/mol. The summed E-state index contributed by atoms with van der Waals surface area (Å²) in [5.41, 5.74) is 4.29. The van der Waals surface area contributed by atoms with Gasteiger partial charge in [0.25, 0.3) is 5.91 Å². The molecule has 2 aliphatic rings. The molecular weight excluding hydrogens is 576 g/mol. The van der Waals surface area contributed by atoms with E-state index in [1.54, 1.807) is 25.9 Å². The first-order chi connectivity index (χ1) is 20.7. The number of aromatic nitrogens is 2. The molecule has 2 aliphatic heterocycles. The van der Waals surface area contributed by atoms with Gasteiger partial charge < -0.3 is 50.8 Å². The molecule has 44 heavy (non-hydrogen) atoms. The molecule has 2 amide bonds. The first-order valence-corrected chi connectivity index (χ1v) is 14.4. The fourth-order valence-electron chi connectivity index (χ4n) is 5.29. The summed E-state index contributed by atoms with van der Waals surface area (Å²) in [5, 5.41) is 35.6. The number of rotatable bonds is 9. The molecule has 3 heterocycles. The van der Waals surface area contributed by atoms with Crippen molar-refractivity contribution < 1.29 is 39.1 Å². The average Bonchev–Trinajstić information content (AvgIpc) is 2.97. The number of anilines is 2. The number of carbonyl (C=O) groups is 2. The Hall–Kier alpha value is -3.28. The molecule has 2 aromatic rings. The van der Waals surface area contributed by atoms with E-state index in [1.807, 2.05) is 6.92 Å². The molecule has 9 atom stereocenters. The highest BCUT2D eigenvalue weighted by atomic mass is 16.7. The summed E-state index contributed by atoms with van der Waals surface area (Å²) in [7, 11) is 3.61. The zero-order valence-electron chi connectivity index (χ0n) is 25.4. The Bertz CT molecular complexity index is 1370. The second kappa shape index (κ2) is 13.8. The van der Waals surface area contributed by atoms with Crippen LogP contribution in [0.2, 0.25) is 0 Å². The average molecular weight is 619 g/mol. The van der Waals surface area contributed by atoms with Gasteiger partial charge in [-0.05, 0) is 78.0 Å². The minimum absolute atomic E-state index is 0.0488. The molecule has 242 valence electrons. The molecule has 1 unspecified atom stereocenters. The fourth-order valence-corrected chi connectivity index (χ4v) is 5.29. The Morgan fingerprint density at radius 1 is 1.09 bits per heavy atom. The van der Waals surface area contributed by atoms with Gasteiger partial charge in [0.1, 0.15) is 29.8 Å². The molecule has 0 aliphatic carbocycles. The van der Waals surface area contributed by atoms with Crippen LogP contribution in [0.5, 0.6) is 0 Å². The summed E-state index contributed by atoms with van der Waals surface area (Å²) < 4.78 is 19.3. The van der Waals surface area contributed by atoms with Gasteiger partial charge in [0.05, 0.1) is 31.0 Å². The summed E-state index contributed by atoms with van der Waals surface area (Å²) in [5.74, 6) is -1.05. The van der Waals surface area contributed by atoms with Gasteiger partial charge in [-0.2, -0.15) is 4.98 Å². The van der Waals surface area contributed by atoms with Crippen molar-refractivity contribution >= 4 is 23.3 Å². The number of ether oxygens (including phenoxy) is 3. The van der Waals surface area contributed by atoms with Crippen LogP contribution in [0.4, 0.5) is 11.5 Å². The largest absolute Gasteiger partial charge is 0.394 e. The molecule has 15 nitrogen and oxygen atoms in total. The molecule has 1 aromatic carbocycles. The Morgan fingerprint density at radius 2 is 1.77 bits per heavy atom. The van der Waals surface area contributed by atoms with E-state index in [1.165, 1.54) is 48.0 Å². The molecular formula is C29H42N6O9. The molecule has 15 heteroatoms. The van der Waals surface area contributed by atoms with Crippen molar-refractivity contribution in [2.75, 3.05) is 31.3 Å². The van der Waals surface area contributed by atoms with Crippen LogP contribution in [-0.2, 0) is 19.0 Å². The van der Waals surface area contributed by atoms with Crippen molar-refractivity contribution in [2.24, 2.45) is 5.73 Å². The lowest BCUT2D eigenvalue weighted by atomic mass is 9.96. The highest BCUT2D eigenvalue weighted by Gasteiger charge is 2.46. The van der Waals surface area contributed by atoms with Crippen LogP contribution < -0.4 is 22.1 Å². The molecule has 0 bridgehead atoms. The summed E-state index contributed by atoms with van der Waals surface area (Å²) in [6.45, 7) is 4.47. The van der Waals surface area contributed by atoms with Crippen molar-refractivity contribution in [1.29, 1.82) is 0 Å². The summed E-state index contributed by atoms with van der Waals surface area (Å²) in [4.78, 5) is 43.5. The number of aliphatic hydroxyl groups excluding tert-OH is 3. The van der Waals surface area contributed by atoms with E-state index >= 15 is 0 Å². The number of amides is 2. The Morgan fingerprint density at radius 3 is 2.36 bits per heavy atom. The van der Waals surface area contributed by atoms with Gasteiger partial charge in [-0.25, -0.2) is 4.79 Å². The molecule has 0 radical (unpaired) electrons. The van der Waals surface area contributed by atoms with Gasteiger partial charge in [0, 0.05) is 17.4 Å². The zero-order valence-corrected chi connectivity index (χ0v) is 25.4. The maximum Gasteiger partial charge on any atom is 0.351 e. The first-order valence-electron chi connectivity index (χ1n) is 14.4. The number of carbonyl (C=O) groups excluding carboxylic acids is 2. The van der Waals surface area contributed by atoms with Gasteiger partial charge in [-0.1, -0.05) is 0 Å². The summed E-state index contributed by atoms with van der Waals surface area (Å²) >= 11 is 0. The predicted molar refractivity (Wildman–Crippen MR) is 159 cm³/mol. The number of nitrogens with two attached hydrogens (primary N) is 1. The number of aliphatic hydroxyl groups is 3. The van der Waals surface area contributed by atoms with Crippen LogP contribution in [0.15, 0.2) is 41.3 Å².